The quantitative estimate of drug-likeness (QED) is 0.677. The second-order valence-corrected chi connectivity index (χ2v) is 5.97. The maximum Gasteiger partial charge on any atom is 0.376 e. The molecule has 98 valence electrons. The number of piperazine rings is 1. The first-order chi connectivity index (χ1) is 8.01. The van der Waals surface area contributed by atoms with Crippen LogP contribution in [0.3, 0.4) is 0 Å². The first-order valence-corrected chi connectivity index (χ1v) is 6.92. The third kappa shape index (κ3) is 3.02. The molecule has 0 spiro atoms. The smallest absolute Gasteiger partial charge is 0.376 e. The lowest BCUT2D eigenvalue weighted by Gasteiger charge is -2.49. The fourth-order valence-corrected chi connectivity index (χ4v) is 3.12. The molecule has 0 saturated carbocycles. The minimum atomic E-state index is -0.290. The number of hydrogen-bond acceptors (Lipinski definition) is 4. The summed E-state index contributed by atoms with van der Waals surface area (Å²) >= 11 is 0. The van der Waals surface area contributed by atoms with E-state index in [4.69, 9.17) is 0 Å². The summed E-state index contributed by atoms with van der Waals surface area (Å²) in [7, 11) is -0.290. The van der Waals surface area contributed by atoms with Crippen molar-refractivity contribution in [2.75, 3.05) is 32.7 Å². The number of nitrogens with zero attached hydrogens (tertiary/aromatic N) is 2. The summed E-state index contributed by atoms with van der Waals surface area (Å²) < 4.78 is 0. The molecule has 5 heteroatoms. The average Bonchev–Trinajstić information content (AvgIpc) is 2.29. The van der Waals surface area contributed by atoms with Gasteiger partial charge in [0, 0.05) is 31.2 Å². The van der Waals surface area contributed by atoms with Crippen molar-refractivity contribution in [3.05, 3.63) is 0 Å². The highest BCUT2D eigenvalue weighted by Crippen LogP contribution is 2.29. The first-order valence-electron chi connectivity index (χ1n) is 6.92. The van der Waals surface area contributed by atoms with Crippen LogP contribution >= 0.6 is 0 Å². The largest absolute Gasteiger partial charge is 0.437 e. The molecule has 2 saturated heterocycles. The molecule has 0 amide bonds. The lowest BCUT2D eigenvalue weighted by Crippen LogP contribution is -2.61. The molecule has 0 unspecified atom stereocenters. The van der Waals surface area contributed by atoms with Gasteiger partial charge in [-0.3, -0.25) is 4.90 Å². The summed E-state index contributed by atoms with van der Waals surface area (Å²) in [6.07, 6.45) is 2.34. The van der Waals surface area contributed by atoms with Crippen LogP contribution < -0.4 is 5.32 Å². The number of piperidine rings is 1. The van der Waals surface area contributed by atoms with Crippen molar-refractivity contribution in [1.29, 1.82) is 0 Å². The fraction of sp³-hybridized carbons (Fsp3) is 1.00. The van der Waals surface area contributed by atoms with E-state index in [1.54, 1.807) is 0 Å². The Morgan fingerprint density at radius 2 is 1.94 bits per heavy atom. The van der Waals surface area contributed by atoms with E-state index in [1.807, 2.05) is 6.82 Å². The first kappa shape index (κ1) is 13.3. The third-order valence-corrected chi connectivity index (χ3v) is 4.54. The monoisotopic (exact) mass is 239 g/mol. The molecule has 0 aromatic rings. The molecule has 2 aliphatic heterocycles. The Balaban J connectivity index is 1.92. The normalized spacial score (nSPS) is 31.4. The molecule has 0 bridgehead atoms. The second kappa shape index (κ2) is 5.27. The van der Waals surface area contributed by atoms with E-state index in [1.165, 1.54) is 12.8 Å². The Bertz CT molecular complexity index is 254. The van der Waals surface area contributed by atoms with Crippen molar-refractivity contribution in [2.45, 2.75) is 45.1 Å². The van der Waals surface area contributed by atoms with E-state index in [0.29, 0.717) is 11.6 Å². The van der Waals surface area contributed by atoms with E-state index in [2.05, 4.69) is 28.9 Å². The Labute approximate surface area is 105 Å². The number of hydrogen-bond donors (Lipinski definition) is 2. The highest BCUT2D eigenvalue weighted by atomic mass is 16.2. The van der Waals surface area contributed by atoms with Crippen LogP contribution in [0.5, 0.6) is 0 Å². The van der Waals surface area contributed by atoms with Gasteiger partial charge in [-0.2, -0.15) is 0 Å². The van der Waals surface area contributed by atoms with Gasteiger partial charge in [0.1, 0.15) is 0 Å². The minimum absolute atomic E-state index is 0.290. The maximum atomic E-state index is 9.60. The van der Waals surface area contributed by atoms with Gasteiger partial charge in [0.05, 0.1) is 0 Å². The summed E-state index contributed by atoms with van der Waals surface area (Å²) in [5.74, 6) is 0. The molecule has 2 heterocycles. The molecule has 0 aliphatic carbocycles. The van der Waals surface area contributed by atoms with Gasteiger partial charge in [-0.05, 0) is 46.6 Å². The van der Waals surface area contributed by atoms with E-state index in [9.17, 15) is 5.02 Å². The predicted molar refractivity (Wildman–Crippen MR) is 72.1 cm³/mol. The zero-order chi connectivity index (χ0) is 12.5. The molecule has 4 nitrogen and oxygen atoms in total. The standard InChI is InChI=1S/C12H26BN3O/c1-11-10-15(9-6-14-11)12(2)4-7-16(8-5-12)13(3)17/h11,14,17H,4-10H2,1-3H3/t11-/m0/s1. The topological polar surface area (TPSA) is 38.7 Å². The van der Waals surface area contributed by atoms with Crippen LogP contribution in [0.25, 0.3) is 0 Å². The molecule has 2 rings (SSSR count). The highest BCUT2D eigenvalue weighted by molar-refractivity contribution is 6.45. The average molecular weight is 239 g/mol. The lowest BCUT2D eigenvalue weighted by atomic mass is 9.78. The fourth-order valence-electron chi connectivity index (χ4n) is 3.12. The van der Waals surface area contributed by atoms with Gasteiger partial charge in [-0.25, -0.2) is 0 Å². The third-order valence-electron chi connectivity index (χ3n) is 4.54. The predicted octanol–water partition coefficient (Wildman–Crippen LogP) is 0.245. The Morgan fingerprint density at radius 3 is 2.47 bits per heavy atom. The van der Waals surface area contributed by atoms with Gasteiger partial charge in [0.15, 0.2) is 0 Å². The Morgan fingerprint density at radius 1 is 1.29 bits per heavy atom. The van der Waals surface area contributed by atoms with Gasteiger partial charge in [0.2, 0.25) is 0 Å². The SMILES string of the molecule is CB(O)N1CCC(C)(N2CCN[C@@H](C)C2)CC1. The van der Waals surface area contributed by atoms with Crippen LogP contribution in [-0.4, -0.2) is 66.1 Å². The van der Waals surface area contributed by atoms with Crippen molar-refractivity contribution in [3.8, 4) is 0 Å². The summed E-state index contributed by atoms with van der Waals surface area (Å²) in [4.78, 5) is 4.82. The van der Waals surface area contributed by atoms with Gasteiger partial charge >= 0.3 is 7.05 Å². The van der Waals surface area contributed by atoms with Crippen LogP contribution in [0.4, 0.5) is 0 Å². The summed E-state index contributed by atoms with van der Waals surface area (Å²) in [6, 6.07) is 0.607. The van der Waals surface area contributed by atoms with Crippen LogP contribution in [0.1, 0.15) is 26.7 Å². The van der Waals surface area contributed by atoms with Gasteiger partial charge < -0.3 is 15.2 Å². The molecule has 0 aromatic carbocycles. The Kier molecular flexibility index (Phi) is 4.13. The van der Waals surface area contributed by atoms with Crippen molar-refractivity contribution in [2.24, 2.45) is 0 Å². The molecule has 17 heavy (non-hydrogen) atoms. The number of rotatable bonds is 2. The summed E-state index contributed by atoms with van der Waals surface area (Å²) in [6.45, 7) is 12.0. The van der Waals surface area contributed by atoms with Crippen molar-refractivity contribution < 1.29 is 5.02 Å². The van der Waals surface area contributed by atoms with Crippen molar-refractivity contribution in [1.82, 2.24) is 15.0 Å². The van der Waals surface area contributed by atoms with Gasteiger partial charge in [-0.1, -0.05) is 0 Å². The zero-order valence-electron chi connectivity index (χ0n) is 11.4. The molecule has 2 N–H and O–H groups in total. The summed E-state index contributed by atoms with van der Waals surface area (Å²) in [5, 5.41) is 13.1. The van der Waals surface area contributed by atoms with Crippen LogP contribution in [0.15, 0.2) is 0 Å². The highest BCUT2D eigenvalue weighted by Gasteiger charge is 2.38. The summed E-state index contributed by atoms with van der Waals surface area (Å²) in [5.41, 5.74) is 0.335. The van der Waals surface area contributed by atoms with Gasteiger partial charge in [-0.15, -0.1) is 0 Å². The second-order valence-electron chi connectivity index (χ2n) is 5.97. The Hall–Kier alpha value is -0.0951. The molecular formula is C12H26BN3O. The van der Waals surface area contributed by atoms with E-state index in [-0.39, 0.29) is 7.05 Å². The molecule has 1 atom stereocenters. The van der Waals surface area contributed by atoms with E-state index in [0.717, 1.165) is 32.7 Å². The van der Waals surface area contributed by atoms with E-state index >= 15 is 0 Å². The van der Waals surface area contributed by atoms with Crippen molar-refractivity contribution >= 4 is 7.05 Å². The van der Waals surface area contributed by atoms with Crippen LogP contribution in [0.2, 0.25) is 6.82 Å². The molecule has 2 fully saturated rings. The zero-order valence-corrected chi connectivity index (χ0v) is 11.4. The van der Waals surface area contributed by atoms with Crippen LogP contribution in [0, 0.1) is 0 Å². The molecule has 2 aliphatic rings. The van der Waals surface area contributed by atoms with Crippen LogP contribution in [-0.2, 0) is 0 Å². The maximum absolute atomic E-state index is 9.60. The minimum Gasteiger partial charge on any atom is -0.437 e. The van der Waals surface area contributed by atoms with Gasteiger partial charge in [0.25, 0.3) is 0 Å². The molecule has 0 aromatic heterocycles. The molecular weight excluding hydrogens is 213 g/mol. The number of nitrogens with one attached hydrogen (secondary N) is 1. The lowest BCUT2D eigenvalue weighted by molar-refractivity contribution is 0.0301. The van der Waals surface area contributed by atoms with E-state index < -0.39 is 0 Å². The van der Waals surface area contributed by atoms with Crippen molar-refractivity contribution in [3.63, 3.8) is 0 Å². The molecule has 0 radical (unpaired) electrons.